The Bertz CT molecular complexity index is 743. The Morgan fingerprint density at radius 1 is 1.05 bits per heavy atom. The van der Waals surface area contributed by atoms with Gasteiger partial charge in [-0.3, -0.25) is 0 Å². The minimum absolute atomic E-state index is 0.317. The van der Waals surface area contributed by atoms with Crippen LogP contribution in [0.3, 0.4) is 0 Å². The fourth-order valence-electron chi connectivity index (χ4n) is 2.54. The molecule has 0 fully saturated rings. The van der Waals surface area contributed by atoms with E-state index < -0.39 is 0 Å². The van der Waals surface area contributed by atoms with Crippen molar-refractivity contribution in [3.63, 3.8) is 0 Å². The summed E-state index contributed by atoms with van der Waals surface area (Å²) in [6.07, 6.45) is 0. The van der Waals surface area contributed by atoms with Crippen molar-refractivity contribution in [2.45, 2.75) is 20.4 Å². The first-order valence-electron chi connectivity index (χ1n) is 7.19. The molecule has 0 aliphatic rings. The molecule has 0 bridgehead atoms. The molecule has 0 aliphatic carbocycles. The van der Waals surface area contributed by atoms with Crippen LogP contribution in [0.2, 0.25) is 0 Å². The van der Waals surface area contributed by atoms with E-state index in [1.807, 2.05) is 18.2 Å². The maximum atomic E-state index is 5.69. The lowest BCUT2D eigenvalue weighted by molar-refractivity contribution is 0.913. The molecule has 22 heavy (non-hydrogen) atoms. The van der Waals surface area contributed by atoms with Crippen LogP contribution < -0.4 is 10.6 Å². The van der Waals surface area contributed by atoms with Crippen molar-refractivity contribution in [2.24, 2.45) is 0 Å². The Balaban J connectivity index is 2.02. The van der Waals surface area contributed by atoms with Gasteiger partial charge >= 0.3 is 0 Å². The minimum Gasteiger partial charge on any atom is -0.368 e. The molecule has 0 spiro atoms. The number of nitrogens with two attached hydrogens (primary N) is 1. The molecule has 0 atom stereocenters. The van der Waals surface area contributed by atoms with Gasteiger partial charge in [0, 0.05) is 5.69 Å². The number of anilines is 3. The zero-order valence-electron chi connectivity index (χ0n) is 12.7. The number of aromatic nitrogens is 3. The number of hydrogen-bond acceptors (Lipinski definition) is 4. The molecular formula is C17H19N5. The Labute approximate surface area is 129 Å². The summed E-state index contributed by atoms with van der Waals surface area (Å²) in [4.78, 5) is 6.34. The van der Waals surface area contributed by atoms with Crippen LogP contribution in [0.4, 0.5) is 17.6 Å². The number of nitrogens with zero attached hydrogens (tertiary/aromatic N) is 3. The second kappa shape index (κ2) is 5.89. The van der Waals surface area contributed by atoms with E-state index in [0.717, 1.165) is 5.69 Å². The normalized spacial score (nSPS) is 10.6. The van der Waals surface area contributed by atoms with Gasteiger partial charge in [0.15, 0.2) is 0 Å². The molecule has 3 rings (SSSR count). The highest BCUT2D eigenvalue weighted by molar-refractivity contribution is 5.60. The van der Waals surface area contributed by atoms with Crippen molar-refractivity contribution in [1.82, 2.24) is 15.2 Å². The van der Waals surface area contributed by atoms with Crippen molar-refractivity contribution >= 4 is 17.6 Å². The quantitative estimate of drug-likeness (QED) is 0.774. The number of nitrogen functional groups attached to an aromatic ring is 1. The van der Waals surface area contributed by atoms with Crippen molar-refractivity contribution in [1.29, 1.82) is 0 Å². The summed E-state index contributed by atoms with van der Waals surface area (Å²) >= 11 is 0. The number of H-pyrrole nitrogens is 1. The van der Waals surface area contributed by atoms with E-state index in [2.05, 4.69) is 64.3 Å². The van der Waals surface area contributed by atoms with E-state index in [0.29, 0.717) is 18.4 Å². The maximum Gasteiger partial charge on any atom is 0.251 e. The van der Waals surface area contributed by atoms with E-state index in [1.54, 1.807) is 0 Å². The van der Waals surface area contributed by atoms with Crippen LogP contribution in [-0.2, 0) is 6.54 Å². The molecule has 112 valence electrons. The molecule has 3 aromatic rings. The van der Waals surface area contributed by atoms with Crippen molar-refractivity contribution in [3.05, 3.63) is 65.2 Å². The average Bonchev–Trinajstić information content (AvgIpc) is 2.91. The van der Waals surface area contributed by atoms with Gasteiger partial charge in [0.25, 0.3) is 5.95 Å². The van der Waals surface area contributed by atoms with Crippen LogP contribution in [0.1, 0.15) is 16.7 Å². The molecule has 0 radical (unpaired) electrons. The summed E-state index contributed by atoms with van der Waals surface area (Å²) in [6, 6.07) is 16.6. The number of hydrogen-bond donors (Lipinski definition) is 2. The van der Waals surface area contributed by atoms with Gasteiger partial charge in [0.1, 0.15) is 0 Å². The Kier molecular flexibility index (Phi) is 3.78. The highest BCUT2D eigenvalue weighted by Crippen LogP contribution is 2.27. The molecule has 2 aromatic carbocycles. The lowest BCUT2D eigenvalue weighted by Gasteiger charge is -2.22. The molecule has 0 saturated heterocycles. The third kappa shape index (κ3) is 3.09. The van der Waals surface area contributed by atoms with Gasteiger partial charge in [0.05, 0.1) is 6.54 Å². The van der Waals surface area contributed by atoms with Crippen LogP contribution in [0.15, 0.2) is 48.5 Å². The van der Waals surface area contributed by atoms with Crippen LogP contribution in [0, 0.1) is 13.8 Å². The zero-order chi connectivity index (χ0) is 15.5. The van der Waals surface area contributed by atoms with E-state index >= 15 is 0 Å². The first-order valence-corrected chi connectivity index (χ1v) is 7.19. The molecule has 3 N–H and O–H groups in total. The Hall–Kier alpha value is -2.82. The molecule has 0 saturated carbocycles. The van der Waals surface area contributed by atoms with Crippen LogP contribution in [0.25, 0.3) is 0 Å². The predicted octanol–water partition coefficient (Wildman–Crippen LogP) is 3.34. The van der Waals surface area contributed by atoms with Crippen LogP contribution in [0.5, 0.6) is 0 Å². The molecule has 0 unspecified atom stereocenters. The standard InChI is InChI=1S/C17H19N5/c1-12-8-13(2)10-15(9-12)22(17-19-16(18)20-21-17)11-14-6-4-3-5-7-14/h3-10H,11H2,1-2H3,(H3,18,19,20,21). The number of aryl methyl sites for hydroxylation is 2. The first kappa shape index (κ1) is 14.1. The number of rotatable bonds is 4. The van der Waals surface area contributed by atoms with Gasteiger partial charge in [-0.15, -0.1) is 5.10 Å². The molecule has 5 heteroatoms. The number of nitrogens with one attached hydrogen (secondary N) is 1. The lowest BCUT2D eigenvalue weighted by atomic mass is 10.1. The highest BCUT2D eigenvalue weighted by Gasteiger charge is 2.15. The van der Waals surface area contributed by atoms with Gasteiger partial charge in [-0.25, -0.2) is 5.10 Å². The molecule has 5 nitrogen and oxygen atoms in total. The van der Waals surface area contributed by atoms with Gasteiger partial charge in [-0.05, 0) is 42.7 Å². The van der Waals surface area contributed by atoms with Crippen molar-refractivity contribution in [3.8, 4) is 0 Å². The van der Waals surface area contributed by atoms with Crippen LogP contribution >= 0.6 is 0 Å². The Morgan fingerprint density at radius 2 is 1.73 bits per heavy atom. The molecule has 1 heterocycles. The summed E-state index contributed by atoms with van der Waals surface area (Å²) in [6.45, 7) is 4.86. The molecule has 0 amide bonds. The van der Waals surface area contributed by atoms with Crippen LogP contribution in [-0.4, -0.2) is 15.2 Å². The van der Waals surface area contributed by atoms with Gasteiger partial charge in [-0.2, -0.15) is 4.98 Å². The topological polar surface area (TPSA) is 70.8 Å². The summed E-state index contributed by atoms with van der Waals surface area (Å²) in [5, 5.41) is 6.92. The van der Waals surface area contributed by atoms with E-state index in [1.165, 1.54) is 16.7 Å². The zero-order valence-corrected chi connectivity index (χ0v) is 12.7. The van der Waals surface area contributed by atoms with Crippen molar-refractivity contribution in [2.75, 3.05) is 10.6 Å². The molecular weight excluding hydrogens is 274 g/mol. The predicted molar refractivity (Wildman–Crippen MR) is 89.0 cm³/mol. The van der Waals surface area contributed by atoms with E-state index in [-0.39, 0.29) is 0 Å². The number of benzene rings is 2. The van der Waals surface area contributed by atoms with Crippen molar-refractivity contribution < 1.29 is 0 Å². The summed E-state index contributed by atoms with van der Waals surface area (Å²) in [7, 11) is 0. The summed E-state index contributed by atoms with van der Waals surface area (Å²) < 4.78 is 0. The maximum absolute atomic E-state index is 5.69. The second-order valence-corrected chi connectivity index (χ2v) is 5.44. The highest BCUT2D eigenvalue weighted by atomic mass is 15.4. The Morgan fingerprint density at radius 3 is 2.32 bits per heavy atom. The summed E-state index contributed by atoms with van der Waals surface area (Å²) in [5.74, 6) is 0.892. The number of aromatic amines is 1. The third-order valence-corrected chi connectivity index (χ3v) is 3.43. The molecule has 1 aromatic heterocycles. The summed E-state index contributed by atoms with van der Waals surface area (Å²) in [5.41, 5.74) is 10.3. The second-order valence-electron chi connectivity index (χ2n) is 5.44. The fraction of sp³-hybridized carbons (Fsp3) is 0.176. The third-order valence-electron chi connectivity index (χ3n) is 3.43. The monoisotopic (exact) mass is 293 g/mol. The minimum atomic E-state index is 0.317. The van der Waals surface area contributed by atoms with E-state index in [9.17, 15) is 0 Å². The average molecular weight is 293 g/mol. The smallest absolute Gasteiger partial charge is 0.251 e. The van der Waals surface area contributed by atoms with Gasteiger partial charge in [-0.1, -0.05) is 36.4 Å². The SMILES string of the molecule is Cc1cc(C)cc(N(Cc2ccccc2)c2n[nH]c(N)n2)c1. The largest absolute Gasteiger partial charge is 0.368 e. The first-order chi connectivity index (χ1) is 10.6. The molecule has 0 aliphatic heterocycles. The van der Waals surface area contributed by atoms with Gasteiger partial charge in [0.2, 0.25) is 5.95 Å². The fourth-order valence-corrected chi connectivity index (χ4v) is 2.54. The van der Waals surface area contributed by atoms with Gasteiger partial charge < -0.3 is 10.6 Å². The lowest BCUT2D eigenvalue weighted by Crippen LogP contribution is -2.18. The van der Waals surface area contributed by atoms with E-state index in [4.69, 9.17) is 5.73 Å².